The van der Waals surface area contributed by atoms with Crippen molar-refractivity contribution in [3.63, 3.8) is 0 Å². The lowest BCUT2D eigenvalue weighted by atomic mass is 10.2. The molecule has 0 bridgehead atoms. The van der Waals surface area contributed by atoms with Crippen LogP contribution in [0.2, 0.25) is 0 Å². The maximum atomic E-state index is 13.3. The number of carbonyl (C=O) groups excluding carboxylic acids is 1. The molecule has 0 atom stereocenters. The first-order valence-electron chi connectivity index (χ1n) is 11.4. The number of hydrogen-bond acceptors (Lipinski definition) is 7. The van der Waals surface area contributed by atoms with Crippen molar-refractivity contribution in [1.82, 2.24) is 9.21 Å². The van der Waals surface area contributed by atoms with Crippen molar-refractivity contribution >= 4 is 38.3 Å². The molecule has 3 aromatic rings. The average molecular weight is 485 g/mol. The Hall–Kier alpha value is -2.92. The van der Waals surface area contributed by atoms with Crippen molar-refractivity contribution in [3.05, 3.63) is 54.3 Å². The molecule has 1 N–H and O–H groups in total. The van der Waals surface area contributed by atoms with Gasteiger partial charge < -0.3 is 24.3 Å². The fourth-order valence-corrected chi connectivity index (χ4v) is 5.75. The normalized spacial score (nSPS) is 18.3. The lowest BCUT2D eigenvalue weighted by Crippen LogP contribution is -2.44. The molecule has 2 aromatic carbocycles. The van der Waals surface area contributed by atoms with E-state index < -0.39 is 15.9 Å². The summed E-state index contributed by atoms with van der Waals surface area (Å²) >= 11 is 0. The van der Waals surface area contributed by atoms with Gasteiger partial charge >= 0.3 is 0 Å². The van der Waals surface area contributed by atoms with Crippen LogP contribution in [0, 0.1) is 0 Å². The second kappa shape index (κ2) is 9.38. The van der Waals surface area contributed by atoms with Crippen LogP contribution in [-0.4, -0.2) is 83.1 Å². The quantitative estimate of drug-likeness (QED) is 0.594. The van der Waals surface area contributed by atoms with E-state index >= 15 is 0 Å². The number of hydrogen-bond donors (Lipinski definition) is 1. The van der Waals surface area contributed by atoms with Gasteiger partial charge in [0.1, 0.15) is 5.58 Å². The molecule has 2 fully saturated rings. The third-order valence-corrected chi connectivity index (χ3v) is 8.21. The van der Waals surface area contributed by atoms with E-state index in [-0.39, 0.29) is 10.7 Å². The second-order valence-electron chi connectivity index (χ2n) is 8.59. The fourth-order valence-electron chi connectivity index (χ4n) is 4.31. The van der Waals surface area contributed by atoms with E-state index in [1.54, 1.807) is 30.3 Å². The molecule has 2 aliphatic rings. The van der Waals surface area contributed by atoms with Crippen LogP contribution < -0.4 is 10.2 Å². The molecule has 180 valence electrons. The van der Waals surface area contributed by atoms with Gasteiger partial charge in [-0.05, 0) is 37.4 Å². The average Bonchev–Trinajstić information content (AvgIpc) is 3.30. The summed E-state index contributed by atoms with van der Waals surface area (Å²) < 4.78 is 39.0. The monoisotopic (exact) mass is 484 g/mol. The molecule has 10 heteroatoms. The second-order valence-corrected chi connectivity index (χ2v) is 10.5. The SMILES string of the molecule is CN1CCN(c2ccc(S(=O)(=O)N3CCOCC3)cc2NC(=O)c2cc3ccccc3o2)CC1. The maximum absolute atomic E-state index is 13.3. The molecule has 2 saturated heterocycles. The van der Waals surface area contributed by atoms with Crippen LogP contribution in [0.1, 0.15) is 10.6 Å². The van der Waals surface area contributed by atoms with Crippen LogP contribution in [-0.2, 0) is 14.8 Å². The highest BCUT2D eigenvalue weighted by Gasteiger charge is 2.28. The topological polar surface area (TPSA) is 95.3 Å². The van der Waals surface area contributed by atoms with Gasteiger partial charge in [-0.15, -0.1) is 0 Å². The zero-order valence-corrected chi connectivity index (χ0v) is 19.9. The van der Waals surface area contributed by atoms with Crippen LogP contribution in [0.4, 0.5) is 11.4 Å². The minimum absolute atomic E-state index is 0.146. The van der Waals surface area contributed by atoms with Crippen LogP contribution in [0.5, 0.6) is 0 Å². The van der Waals surface area contributed by atoms with Gasteiger partial charge in [-0.25, -0.2) is 8.42 Å². The molecule has 0 aliphatic carbocycles. The molecule has 2 aliphatic heterocycles. The maximum Gasteiger partial charge on any atom is 0.291 e. The Labute approximate surface area is 198 Å². The highest BCUT2D eigenvalue weighted by atomic mass is 32.2. The predicted molar refractivity (Wildman–Crippen MR) is 130 cm³/mol. The summed E-state index contributed by atoms with van der Waals surface area (Å²) in [6.45, 7) is 4.67. The van der Waals surface area contributed by atoms with Gasteiger partial charge in [-0.1, -0.05) is 18.2 Å². The van der Waals surface area contributed by atoms with E-state index in [4.69, 9.17) is 9.15 Å². The van der Waals surface area contributed by atoms with E-state index in [0.29, 0.717) is 37.6 Å². The van der Waals surface area contributed by atoms with Crippen molar-refractivity contribution in [1.29, 1.82) is 0 Å². The number of anilines is 2. The zero-order valence-electron chi connectivity index (χ0n) is 19.1. The lowest BCUT2D eigenvalue weighted by molar-refractivity contribution is 0.0730. The molecule has 0 radical (unpaired) electrons. The van der Waals surface area contributed by atoms with E-state index in [1.807, 2.05) is 18.2 Å². The van der Waals surface area contributed by atoms with Gasteiger partial charge in [0.05, 0.1) is 29.5 Å². The summed E-state index contributed by atoms with van der Waals surface area (Å²) in [4.78, 5) is 17.7. The fraction of sp³-hybridized carbons (Fsp3) is 0.375. The Morgan fingerprint density at radius 3 is 2.41 bits per heavy atom. The number of likely N-dealkylation sites (N-methyl/N-ethyl adjacent to an activating group) is 1. The van der Waals surface area contributed by atoms with Gasteiger partial charge in [0.25, 0.3) is 5.91 Å². The Balaban J connectivity index is 1.49. The number of sulfonamides is 1. The number of furan rings is 1. The molecule has 5 rings (SSSR count). The number of fused-ring (bicyclic) bond motifs is 1. The van der Waals surface area contributed by atoms with E-state index in [1.165, 1.54) is 4.31 Å². The zero-order chi connectivity index (χ0) is 23.7. The van der Waals surface area contributed by atoms with Crippen LogP contribution >= 0.6 is 0 Å². The largest absolute Gasteiger partial charge is 0.451 e. The van der Waals surface area contributed by atoms with Crippen molar-refractivity contribution in [2.24, 2.45) is 0 Å². The number of rotatable bonds is 5. The van der Waals surface area contributed by atoms with Crippen molar-refractivity contribution in [2.75, 3.05) is 69.7 Å². The summed E-state index contributed by atoms with van der Waals surface area (Å²) in [7, 11) is -1.64. The molecule has 0 saturated carbocycles. The molecular formula is C24H28N4O5S. The van der Waals surface area contributed by atoms with Gasteiger partial charge in [0.15, 0.2) is 5.76 Å². The van der Waals surface area contributed by atoms with Crippen LogP contribution in [0.25, 0.3) is 11.0 Å². The first-order valence-corrected chi connectivity index (χ1v) is 12.8. The summed E-state index contributed by atoms with van der Waals surface area (Å²) in [5, 5.41) is 3.75. The first kappa shape index (κ1) is 22.9. The third-order valence-electron chi connectivity index (χ3n) is 6.32. The highest BCUT2D eigenvalue weighted by Crippen LogP contribution is 2.32. The Morgan fingerprint density at radius 1 is 0.941 bits per heavy atom. The number of piperazine rings is 1. The minimum atomic E-state index is -3.71. The Bertz CT molecular complexity index is 1260. The predicted octanol–water partition coefficient (Wildman–Crippen LogP) is 2.46. The van der Waals surface area contributed by atoms with Gasteiger partial charge in [-0.3, -0.25) is 4.79 Å². The van der Waals surface area contributed by atoms with Gasteiger partial charge in [-0.2, -0.15) is 4.31 Å². The molecule has 34 heavy (non-hydrogen) atoms. The summed E-state index contributed by atoms with van der Waals surface area (Å²) in [5.74, 6) is -0.250. The number of nitrogens with zero attached hydrogens (tertiary/aromatic N) is 3. The third kappa shape index (κ3) is 4.54. The number of carbonyl (C=O) groups is 1. The number of nitrogens with one attached hydrogen (secondary N) is 1. The molecule has 3 heterocycles. The van der Waals surface area contributed by atoms with E-state index in [9.17, 15) is 13.2 Å². The van der Waals surface area contributed by atoms with Crippen LogP contribution in [0.15, 0.2) is 57.8 Å². The molecular weight excluding hydrogens is 456 g/mol. The van der Waals surface area contributed by atoms with Crippen molar-refractivity contribution < 1.29 is 22.4 Å². The number of para-hydroxylation sites is 1. The molecule has 0 spiro atoms. The van der Waals surface area contributed by atoms with Crippen LogP contribution in [0.3, 0.4) is 0 Å². The van der Waals surface area contributed by atoms with Gasteiger partial charge in [0.2, 0.25) is 10.0 Å². The molecule has 9 nitrogen and oxygen atoms in total. The first-order chi connectivity index (χ1) is 16.4. The number of benzene rings is 2. The van der Waals surface area contributed by atoms with E-state index in [2.05, 4.69) is 22.2 Å². The number of amides is 1. The number of ether oxygens (including phenoxy) is 1. The van der Waals surface area contributed by atoms with E-state index in [0.717, 1.165) is 37.3 Å². The Morgan fingerprint density at radius 2 is 1.68 bits per heavy atom. The smallest absolute Gasteiger partial charge is 0.291 e. The van der Waals surface area contributed by atoms with Crippen molar-refractivity contribution in [2.45, 2.75) is 4.90 Å². The summed E-state index contributed by atoms with van der Waals surface area (Å²) in [5.41, 5.74) is 1.86. The molecule has 1 amide bonds. The van der Waals surface area contributed by atoms with Gasteiger partial charge in [0, 0.05) is 44.7 Å². The lowest BCUT2D eigenvalue weighted by Gasteiger charge is -2.35. The number of morpholine rings is 1. The minimum Gasteiger partial charge on any atom is -0.451 e. The molecule has 0 unspecified atom stereocenters. The highest BCUT2D eigenvalue weighted by molar-refractivity contribution is 7.89. The Kier molecular flexibility index (Phi) is 6.30. The summed E-state index contributed by atoms with van der Waals surface area (Å²) in [6, 6.07) is 14.1. The molecule has 1 aromatic heterocycles. The summed E-state index contributed by atoms with van der Waals surface area (Å²) in [6.07, 6.45) is 0. The standard InChI is InChI=1S/C24H28N4O5S/c1-26-8-10-27(11-9-26)21-7-6-19(34(30,31)28-12-14-32-15-13-28)17-20(21)25-24(29)23-16-18-4-2-3-5-22(18)33-23/h2-7,16-17H,8-15H2,1H3,(H,25,29). The van der Waals surface area contributed by atoms with Crippen molar-refractivity contribution in [3.8, 4) is 0 Å².